The van der Waals surface area contributed by atoms with E-state index in [2.05, 4.69) is 0 Å². The van der Waals surface area contributed by atoms with Crippen molar-refractivity contribution in [1.29, 1.82) is 0 Å². The highest BCUT2D eigenvalue weighted by Crippen LogP contribution is 2.05. The molecule has 0 aromatic carbocycles. The Balaban J connectivity index is 4.12. The molecule has 0 aliphatic carbocycles. The lowest BCUT2D eigenvalue weighted by molar-refractivity contribution is -0.132. The van der Waals surface area contributed by atoms with Gasteiger partial charge in [0.15, 0.2) is 0 Å². The molecule has 0 saturated heterocycles. The van der Waals surface area contributed by atoms with Gasteiger partial charge in [-0.05, 0) is 5.92 Å². The first kappa shape index (κ1) is 14.3. The highest BCUT2D eigenvalue weighted by molar-refractivity contribution is 5.76. The third-order valence-electron chi connectivity index (χ3n) is 2.36. The smallest absolute Gasteiger partial charge is 0.224 e. The molecule has 5 nitrogen and oxygen atoms in total. The van der Waals surface area contributed by atoms with Crippen LogP contribution < -0.4 is 5.73 Å². The van der Waals surface area contributed by atoms with Gasteiger partial charge in [-0.2, -0.15) is 0 Å². The van der Waals surface area contributed by atoms with Gasteiger partial charge >= 0.3 is 0 Å². The molecule has 15 heavy (non-hydrogen) atoms. The molecule has 1 amide bonds. The Morgan fingerprint density at radius 1 is 1.27 bits per heavy atom. The van der Waals surface area contributed by atoms with Gasteiger partial charge in [-0.1, -0.05) is 13.8 Å². The lowest BCUT2D eigenvalue weighted by Crippen LogP contribution is -2.40. The molecule has 0 saturated carbocycles. The van der Waals surface area contributed by atoms with Crippen molar-refractivity contribution >= 4 is 5.91 Å². The number of hydrogen-bond acceptors (Lipinski definition) is 4. The molecule has 4 N–H and O–H groups in total. The van der Waals surface area contributed by atoms with Gasteiger partial charge in [-0.25, -0.2) is 0 Å². The molecule has 0 radical (unpaired) electrons. The van der Waals surface area contributed by atoms with Crippen molar-refractivity contribution in [2.45, 2.75) is 26.3 Å². The zero-order valence-electron chi connectivity index (χ0n) is 9.52. The number of hydrogen-bond donors (Lipinski definition) is 3. The van der Waals surface area contributed by atoms with Crippen molar-refractivity contribution in [1.82, 2.24) is 4.90 Å². The van der Waals surface area contributed by atoms with E-state index >= 15 is 0 Å². The number of rotatable bonds is 7. The van der Waals surface area contributed by atoms with Crippen molar-refractivity contribution in [3.8, 4) is 0 Å². The van der Waals surface area contributed by atoms with Crippen LogP contribution >= 0.6 is 0 Å². The van der Waals surface area contributed by atoms with Gasteiger partial charge in [-0.15, -0.1) is 0 Å². The number of aliphatic hydroxyl groups excluding tert-OH is 2. The fraction of sp³-hybridized carbons (Fsp3) is 0.900. The van der Waals surface area contributed by atoms with E-state index in [1.807, 2.05) is 13.8 Å². The summed E-state index contributed by atoms with van der Waals surface area (Å²) in [6, 6.07) is -0.169. The van der Waals surface area contributed by atoms with Crippen molar-refractivity contribution < 1.29 is 15.0 Å². The lowest BCUT2D eigenvalue weighted by Gasteiger charge is -2.23. The topological polar surface area (TPSA) is 86.8 Å². The summed E-state index contributed by atoms with van der Waals surface area (Å²) in [7, 11) is 0. The molecule has 0 aliphatic heterocycles. The SMILES string of the molecule is CC(C)C(N)CC(=O)N(CCO)CCO. The predicted molar refractivity (Wildman–Crippen MR) is 58.2 cm³/mol. The number of carbonyl (C=O) groups is 1. The van der Waals surface area contributed by atoms with E-state index in [9.17, 15) is 4.79 Å². The molecule has 0 aromatic heterocycles. The van der Waals surface area contributed by atoms with Gasteiger partial charge in [0, 0.05) is 25.6 Å². The minimum Gasteiger partial charge on any atom is -0.395 e. The van der Waals surface area contributed by atoms with Crippen molar-refractivity contribution in [2.75, 3.05) is 26.3 Å². The van der Waals surface area contributed by atoms with E-state index in [0.29, 0.717) is 0 Å². The van der Waals surface area contributed by atoms with Gasteiger partial charge in [0.25, 0.3) is 0 Å². The zero-order valence-corrected chi connectivity index (χ0v) is 9.52. The molecule has 90 valence electrons. The van der Waals surface area contributed by atoms with Crippen LogP contribution in [-0.2, 0) is 4.79 Å². The second kappa shape index (κ2) is 7.62. The minimum absolute atomic E-state index is 0.0946. The fourth-order valence-corrected chi connectivity index (χ4v) is 1.17. The van der Waals surface area contributed by atoms with Crippen LogP contribution in [0.25, 0.3) is 0 Å². The summed E-state index contributed by atoms with van der Waals surface area (Å²) < 4.78 is 0. The number of aliphatic hydroxyl groups is 2. The van der Waals surface area contributed by atoms with Crippen LogP contribution in [0.15, 0.2) is 0 Å². The van der Waals surface area contributed by atoms with E-state index in [1.165, 1.54) is 4.90 Å². The Morgan fingerprint density at radius 3 is 2.07 bits per heavy atom. The second-order valence-electron chi connectivity index (χ2n) is 3.94. The van der Waals surface area contributed by atoms with Crippen molar-refractivity contribution in [2.24, 2.45) is 11.7 Å². The largest absolute Gasteiger partial charge is 0.395 e. The first-order valence-electron chi connectivity index (χ1n) is 5.28. The normalized spacial score (nSPS) is 12.9. The highest BCUT2D eigenvalue weighted by Gasteiger charge is 2.17. The number of nitrogens with two attached hydrogens (primary N) is 1. The highest BCUT2D eigenvalue weighted by atomic mass is 16.3. The third kappa shape index (κ3) is 5.71. The maximum Gasteiger partial charge on any atom is 0.224 e. The van der Waals surface area contributed by atoms with E-state index in [1.54, 1.807) is 0 Å². The standard InChI is InChI=1S/C10H22N2O3/c1-8(2)9(11)7-10(15)12(3-5-13)4-6-14/h8-9,13-14H,3-7,11H2,1-2H3. The van der Waals surface area contributed by atoms with Crippen LogP contribution in [0.5, 0.6) is 0 Å². The van der Waals surface area contributed by atoms with Crippen LogP contribution in [0.4, 0.5) is 0 Å². The van der Waals surface area contributed by atoms with Crippen LogP contribution in [0.3, 0.4) is 0 Å². The van der Waals surface area contributed by atoms with E-state index in [0.717, 1.165) is 0 Å². The third-order valence-corrected chi connectivity index (χ3v) is 2.36. The first-order valence-corrected chi connectivity index (χ1v) is 5.28. The van der Waals surface area contributed by atoms with Crippen LogP contribution in [-0.4, -0.2) is 53.4 Å². The summed E-state index contributed by atoms with van der Waals surface area (Å²) in [5.74, 6) is 0.137. The lowest BCUT2D eigenvalue weighted by atomic mass is 10.0. The number of amides is 1. The molecular weight excluding hydrogens is 196 g/mol. The van der Waals surface area contributed by atoms with E-state index < -0.39 is 0 Å². The van der Waals surface area contributed by atoms with Gasteiger partial charge in [-0.3, -0.25) is 4.79 Å². The monoisotopic (exact) mass is 218 g/mol. The van der Waals surface area contributed by atoms with Gasteiger partial charge < -0.3 is 20.8 Å². The molecule has 0 aromatic rings. The molecule has 1 unspecified atom stereocenters. The van der Waals surface area contributed by atoms with Crippen molar-refractivity contribution in [3.05, 3.63) is 0 Å². The van der Waals surface area contributed by atoms with Crippen LogP contribution in [0, 0.1) is 5.92 Å². The van der Waals surface area contributed by atoms with Gasteiger partial charge in [0.2, 0.25) is 5.91 Å². The van der Waals surface area contributed by atoms with E-state index in [4.69, 9.17) is 15.9 Å². The molecule has 0 spiro atoms. The number of carbonyl (C=O) groups excluding carboxylic acids is 1. The maximum absolute atomic E-state index is 11.7. The quantitative estimate of drug-likeness (QED) is 0.520. The molecule has 0 rings (SSSR count). The van der Waals surface area contributed by atoms with E-state index in [-0.39, 0.29) is 50.6 Å². The Bertz CT molecular complexity index is 180. The first-order chi connectivity index (χ1) is 7.02. The summed E-state index contributed by atoms with van der Waals surface area (Å²) in [4.78, 5) is 13.1. The summed E-state index contributed by atoms with van der Waals surface area (Å²) in [5.41, 5.74) is 5.78. The summed E-state index contributed by atoms with van der Waals surface area (Å²) in [6.45, 7) is 4.24. The van der Waals surface area contributed by atoms with Crippen molar-refractivity contribution in [3.63, 3.8) is 0 Å². The molecular formula is C10H22N2O3. The molecule has 1 atom stereocenters. The predicted octanol–water partition coefficient (Wildman–Crippen LogP) is -0.827. The Hall–Kier alpha value is -0.650. The number of nitrogens with zero attached hydrogens (tertiary/aromatic N) is 1. The Morgan fingerprint density at radius 2 is 1.73 bits per heavy atom. The van der Waals surface area contributed by atoms with Gasteiger partial charge in [0.1, 0.15) is 0 Å². The summed E-state index contributed by atoms with van der Waals surface area (Å²) in [6.07, 6.45) is 0.262. The fourth-order valence-electron chi connectivity index (χ4n) is 1.17. The average molecular weight is 218 g/mol. The molecule has 0 aliphatic rings. The summed E-state index contributed by atoms with van der Waals surface area (Å²) >= 11 is 0. The average Bonchev–Trinajstić information content (AvgIpc) is 2.17. The van der Waals surface area contributed by atoms with Crippen LogP contribution in [0.2, 0.25) is 0 Å². The van der Waals surface area contributed by atoms with Gasteiger partial charge in [0.05, 0.1) is 13.2 Å². The molecule has 0 fully saturated rings. The zero-order chi connectivity index (χ0) is 11.8. The summed E-state index contributed by atoms with van der Waals surface area (Å²) in [5, 5.41) is 17.5. The molecule has 0 heterocycles. The Kier molecular flexibility index (Phi) is 7.29. The Labute approximate surface area is 90.9 Å². The maximum atomic E-state index is 11.7. The second-order valence-corrected chi connectivity index (χ2v) is 3.94. The molecule has 0 bridgehead atoms. The minimum atomic E-state index is -0.169. The van der Waals surface area contributed by atoms with Crippen LogP contribution in [0.1, 0.15) is 20.3 Å². The molecule has 5 heteroatoms.